The molecule has 5 rings (SSSR count). The van der Waals surface area contributed by atoms with Gasteiger partial charge >= 0.3 is 0 Å². The van der Waals surface area contributed by atoms with Crippen LogP contribution in [0.2, 0.25) is 0 Å². The molecule has 0 amide bonds. The highest BCUT2D eigenvalue weighted by atomic mass is 32.2. The molecule has 1 unspecified atom stereocenters. The van der Waals surface area contributed by atoms with E-state index >= 15 is 0 Å². The first-order valence-corrected chi connectivity index (χ1v) is 11.0. The van der Waals surface area contributed by atoms with Crippen molar-refractivity contribution in [3.8, 4) is 11.1 Å². The van der Waals surface area contributed by atoms with Crippen molar-refractivity contribution in [1.29, 1.82) is 0 Å². The lowest BCUT2D eigenvalue weighted by molar-refractivity contribution is 0.0370. The third kappa shape index (κ3) is 3.06. The van der Waals surface area contributed by atoms with Crippen LogP contribution in [0.15, 0.2) is 78.0 Å². The van der Waals surface area contributed by atoms with Crippen molar-refractivity contribution in [2.45, 2.75) is 22.9 Å². The summed E-state index contributed by atoms with van der Waals surface area (Å²) in [6, 6.07) is 17.1. The van der Waals surface area contributed by atoms with Gasteiger partial charge in [0.15, 0.2) is 0 Å². The van der Waals surface area contributed by atoms with Crippen LogP contribution in [0.4, 0.5) is 4.39 Å². The molecule has 148 valence electrons. The van der Waals surface area contributed by atoms with Gasteiger partial charge in [-0.1, -0.05) is 36.4 Å². The van der Waals surface area contributed by atoms with Crippen molar-refractivity contribution < 1.29 is 12.8 Å². The number of benzene rings is 2. The van der Waals surface area contributed by atoms with Crippen molar-refractivity contribution in [3.63, 3.8) is 0 Å². The number of piperidine rings is 1. The summed E-state index contributed by atoms with van der Waals surface area (Å²) in [5.74, 6) is -0.417. The Hall–Kier alpha value is -2.61. The van der Waals surface area contributed by atoms with Gasteiger partial charge in [-0.05, 0) is 41.0 Å². The predicted molar refractivity (Wildman–Crippen MR) is 108 cm³/mol. The highest BCUT2D eigenvalue weighted by Gasteiger charge is 2.56. The lowest BCUT2D eigenvalue weighted by Crippen LogP contribution is -2.73. The molecule has 2 saturated heterocycles. The summed E-state index contributed by atoms with van der Waals surface area (Å²) in [7, 11) is -3.73. The molecule has 5 nitrogen and oxygen atoms in total. The minimum Gasteiger partial charge on any atom is -0.313 e. The van der Waals surface area contributed by atoms with Gasteiger partial charge in [0.25, 0.3) is 0 Å². The molecule has 0 aliphatic carbocycles. The Balaban J connectivity index is 1.43. The van der Waals surface area contributed by atoms with Gasteiger partial charge < -0.3 is 5.32 Å². The molecule has 0 radical (unpaired) electrons. The van der Waals surface area contributed by atoms with Gasteiger partial charge in [0.05, 0.1) is 4.90 Å². The number of hydrogen-bond acceptors (Lipinski definition) is 4. The minimum atomic E-state index is -3.73. The van der Waals surface area contributed by atoms with Crippen LogP contribution in [0.1, 0.15) is 11.5 Å². The van der Waals surface area contributed by atoms with Crippen LogP contribution in [-0.4, -0.2) is 42.9 Å². The maximum Gasteiger partial charge on any atom is 0.243 e. The first kappa shape index (κ1) is 18.4. The summed E-state index contributed by atoms with van der Waals surface area (Å²) in [5, 5.41) is 3.30. The standard InChI is InChI=1S/C22H20FN3O2S/c23-18-4-1-5-19(11-18)29(27,28)26-20-13-25-14-21(26)22(20)16-8-6-15(7-9-16)17-3-2-10-24-12-17/h1-12,20-22,25H,13-14H2/t20-,21+,22?. The largest absolute Gasteiger partial charge is 0.313 e. The Morgan fingerprint density at radius 1 is 0.966 bits per heavy atom. The second-order valence-electron chi connectivity index (χ2n) is 7.47. The van der Waals surface area contributed by atoms with Crippen molar-refractivity contribution in [3.05, 3.63) is 84.4 Å². The Morgan fingerprint density at radius 2 is 1.72 bits per heavy atom. The summed E-state index contributed by atoms with van der Waals surface area (Å²) in [6.45, 7) is 1.17. The fourth-order valence-corrected chi connectivity index (χ4v) is 6.39. The van der Waals surface area contributed by atoms with E-state index < -0.39 is 15.8 Å². The molecule has 2 aliphatic heterocycles. The molecule has 2 bridgehead atoms. The van der Waals surface area contributed by atoms with E-state index in [-0.39, 0.29) is 22.9 Å². The highest BCUT2D eigenvalue weighted by molar-refractivity contribution is 7.89. The summed E-state index contributed by atoms with van der Waals surface area (Å²) in [6.07, 6.45) is 3.57. The summed E-state index contributed by atoms with van der Waals surface area (Å²) in [4.78, 5) is 4.17. The van der Waals surface area contributed by atoms with Gasteiger partial charge in [-0.2, -0.15) is 4.31 Å². The van der Waals surface area contributed by atoms with E-state index in [1.54, 1.807) is 10.5 Å². The maximum absolute atomic E-state index is 13.6. The zero-order valence-corrected chi connectivity index (χ0v) is 16.4. The van der Waals surface area contributed by atoms with E-state index in [1.165, 1.54) is 18.2 Å². The van der Waals surface area contributed by atoms with Crippen LogP contribution >= 0.6 is 0 Å². The molecule has 3 heterocycles. The molecule has 3 atom stereocenters. The van der Waals surface area contributed by atoms with Crippen LogP contribution in [0.3, 0.4) is 0 Å². The zero-order valence-electron chi connectivity index (χ0n) is 15.6. The summed E-state index contributed by atoms with van der Waals surface area (Å²) < 4.78 is 41.4. The molecule has 2 fully saturated rings. The fourth-order valence-electron chi connectivity index (χ4n) is 4.51. The second-order valence-corrected chi connectivity index (χ2v) is 9.32. The SMILES string of the molecule is O=S(=O)(c1cccc(F)c1)N1[C@@H]2CNC[C@H]1C2c1ccc(-c2cccnc2)cc1. The third-order valence-corrected chi connectivity index (χ3v) is 7.80. The van der Waals surface area contributed by atoms with Crippen molar-refractivity contribution in [2.75, 3.05) is 13.1 Å². The Morgan fingerprint density at radius 3 is 2.38 bits per heavy atom. The lowest BCUT2D eigenvalue weighted by Gasteiger charge is -2.57. The van der Waals surface area contributed by atoms with Crippen LogP contribution in [0, 0.1) is 5.82 Å². The smallest absolute Gasteiger partial charge is 0.243 e. The molecular formula is C22H20FN3O2S. The van der Waals surface area contributed by atoms with Crippen molar-refractivity contribution in [2.24, 2.45) is 0 Å². The molecule has 1 N–H and O–H groups in total. The second kappa shape index (κ2) is 7.02. The van der Waals surface area contributed by atoms with Crippen molar-refractivity contribution in [1.82, 2.24) is 14.6 Å². The number of pyridine rings is 1. The monoisotopic (exact) mass is 409 g/mol. The fraction of sp³-hybridized carbons (Fsp3) is 0.227. The molecule has 2 aliphatic rings. The normalized spacial score (nSPS) is 24.1. The molecule has 1 aromatic heterocycles. The Kier molecular flexibility index (Phi) is 4.46. The average Bonchev–Trinajstić information content (AvgIpc) is 2.75. The van der Waals surface area contributed by atoms with Gasteiger partial charge in [-0.3, -0.25) is 4.98 Å². The van der Waals surface area contributed by atoms with Crippen molar-refractivity contribution >= 4 is 10.0 Å². The van der Waals surface area contributed by atoms with E-state index in [0.717, 1.165) is 22.8 Å². The van der Waals surface area contributed by atoms with Crippen LogP contribution in [0.25, 0.3) is 11.1 Å². The minimum absolute atomic E-state index is 0.0137. The molecule has 0 spiro atoms. The molecular weight excluding hydrogens is 389 g/mol. The van der Waals surface area contributed by atoms with Gasteiger partial charge in [0, 0.05) is 43.5 Å². The van der Waals surface area contributed by atoms with E-state index in [1.807, 2.05) is 18.3 Å². The van der Waals surface area contributed by atoms with Gasteiger partial charge in [0.2, 0.25) is 10.0 Å². The quantitative estimate of drug-likeness (QED) is 0.720. The molecule has 0 saturated carbocycles. The first-order valence-electron chi connectivity index (χ1n) is 9.56. The van der Waals surface area contributed by atoms with Crippen LogP contribution in [-0.2, 0) is 10.0 Å². The molecule has 29 heavy (non-hydrogen) atoms. The topological polar surface area (TPSA) is 62.3 Å². The highest BCUT2D eigenvalue weighted by Crippen LogP contribution is 2.46. The predicted octanol–water partition coefficient (Wildman–Crippen LogP) is 3.02. The van der Waals surface area contributed by atoms with E-state index in [0.29, 0.717) is 13.1 Å². The van der Waals surface area contributed by atoms with Gasteiger partial charge in [-0.15, -0.1) is 0 Å². The van der Waals surface area contributed by atoms with Crippen LogP contribution < -0.4 is 5.32 Å². The number of aromatic nitrogens is 1. The van der Waals surface area contributed by atoms with E-state index in [4.69, 9.17) is 0 Å². The number of hydrogen-bond donors (Lipinski definition) is 1. The van der Waals surface area contributed by atoms with E-state index in [2.05, 4.69) is 34.6 Å². The Bertz CT molecular complexity index is 1120. The number of nitrogens with one attached hydrogen (secondary N) is 1. The number of rotatable bonds is 4. The summed E-state index contributed by atoms with van der Waals surface area (Å²) in [5.41, 5.74) is 3.25. The average molecular weight is 409 g/mol. The lowest BCUT2D eigenvalue weighted by atomic mass is 9.74. The van der Waals surface area contributed by atoms with Crippen LogP contribution in [0.5, 0.6) is 0 Å². The number of fused-ring (bicyclic) bond motifs is 2. The Labute approximate surface area is 169 Å². The molecule has 2 aromatic carbocycles. The number of nitrogens with zero attached hydrogens (tertiary/aromatic N) is 2. The third-order valence-electron chi connectivity index (χ3n) is 5.85. The molecule has 3 aromatic rings. The van der Waals surface area contributed by atoms with Gasteiger partial charge in [0.1, 0.15) is 5.82 Å². The molecule has 7 heteroatoms. The number of piperazine rings is 1. The van der Waals surface area contributed by atoms with E-state index in [9.17, 15) is 12.8 Å². The number of halogens is 1. The number of sulfonamides is 1. The van der Waals surface area contributed by atoms with Gasteiger partial charge in [-0.25, -0.2) is 12.8 Å². The first-order chi connectivity index (χ1) is 14.1. The summed E-state index contributed by atoms with van der Waals surface area (Å²) >= 11 is 0. The zero-order chi connectivity index (χ0) is 20.0. The maximum atomic E-state index is 13.6.